The minimum atomic E-state index is -0.371. The first-order valence-corrected chi connectivity index (χ1v) is 11.8. The standard InChI is InChI=1S/C23H26ClN5O3S/c1-5-29-21(15(3)25-22(31)16-9-11-17(32-4)12-10-16)27-28-23(29)33-13-20(30)26-19-8-6-7-18(24)14(19)2/h6-12,15H,5,13H2,1-4H3,(H,25,31)(H,26,30)/t15-/m1/s1. The molecule has 0 aliphatic rings. The number of rotatable bonds is 9. The number of anilines is 1. The maximum atomic E-state index is 12.6. The van der Waals surface area contributed by atoms with Gasteiger partial charge in [-0.3, -0.25) is 9.59 Å². The molecule has 0 unspecified atom stereocenters. The minimum absolute atomic E-state index is 0.163. The molecule has 0 radical (unpaired) electrons. The first-order chi connectivity index (χ1) is 15.8. The average molecular weight is 488 g/mol. The van der Waals surface area contributed by atoms with Gasteiger partial charge >= 0.3 is 0 Å². The van der Waals surface area contributed by atoms with Crippen molar-refractivity contribution in [3.63, 3.8) is 0 Å². The summed E-state index contributed by atoms with van der Waals surface area (Å²) in [5.41, 5.74) is 2.02. The molecule has 1 heterocycles. The number of thioether (sulfide) groups is 1. The van der Waals surface area contributed by atoms with Crippen LogP contribution >= 0.6 is 23.4 Å². The van der Waals surface area contributed by atoms with Gasteiger partial charge in [-0.05, 0) is 62.7 Å². The van der Waals surface area contributed by atoms with E-state index in [0.717, 1.165) is 5.56 Å². The van der Waals surface area contributed by atoms with Gasteiger partial charge in [-0.25, -0.2) is 0 Å². The van der Waals surface area contributed by atoms with E-state index >= 15 is 0 Å². The highest BCUT2D eigenvalue weighted by molar-refractivity contribution is 7.99. The fraction of sp³-hybridized carbons (Fsp3) is 0.304. The lowest BCUT2D eigenvalue weighted by Gasteiger charge is -2.15. The van der Waals surface area contributed by atoms with Crippen LogP contribution in [0.15, 0.2) is 47.6 Å². The number of amides is 2. The molecule has 0 bridgehead atoms. The van der Waals surface area contributed by atoms with E-state index in [4.69, 9.17) is 16.3 Å². The smallest absolute Gasteiger partial charge is 0.251 e. The summed E-state index contributed by atoms with van der Waals surface area (Å²) in [7, 11) is 1.58. The molecule has 0 spiro atoms. The zero-order valence-electron chi connectivity index (χ0n) is 18.9. The van der Waals surface area contributed by atoms with Crippen LogP contribution < -0.4 is 15.4 Å². The van der Waals surface area contributed by atoms with Gasteiger partial charge in [-0.1, -0.05) is 29.4 Å². The van der Waals surface area contributed by atoms with E-state index < -0.39 is 0 Å². The Balaban J connectivity index is 1.63. The van der Waals surface area contributed by atoms with Crippen molar-refractivity contribution in [1.82, 2.24) is 20.1 Å². The summed E-state index contributed by atoms with van der Waals surface area (Å²) in [5.74, 6) is 1.07. The molecule has 0 saturated heterocycles. The Morgan fingerprint density at radius 2 is 1.91 bits per heavy atom. The number of hydrogen-bond donors (Lipinski definition) is 2. The SMILES string of the molecule is CCn1c(SCC(=O)Nc2cccc(Cl)c2C)nnc1[C@@H](C)NC(=O)c1ccc(OC)cc1. The molecule has 2 N–H and O–H groups in total. The van der Waals surface area contributed by atoms with Gasteiger partial charge in [-0.2, -0.15) is 0 Å². The lowest BCUT2D eigenvalue weighted by molar-refractivity contribution is -0.113. The van der Waals surface area contributed by atoms with Crippen molar-refractivity contribution in [1.29, 1.82) is 0 Å². The molecule has 174 valence electrons. The Labute approximate surface area is 202 Å². The van der Waals surface area contributed by atoms with Crippen LogP contribution in [0.25, 0.3) is 0 Å². The number of carbonyl (C=O) groups is 2. The third kappa shape index (κ3) is 6.06. The topological polar surface area (TPSA) is 98.1 Å². The molecule has 0 saturated carbocycles. The number of aromatic nitrogens is 3. The van der Waals surface area contributed by atoms with Crippen molar-refractivity contribution < 1.29 is 14.3 Å². The molecular weight excluding hydrogens is 462 g/mol. The van der Waals surface area contributed by atoms with E-state index in [1.807, 2.05) is 31.4 Å². The van der Waals surface area contributed by atoms with Gasteiger partial charge in [0.05, 0.1) is 18.9 Å². The van der Waals surface area contributed by atoms with E-state index in [2.05, 4.69) is 20.8 Å². The van der Waals surface area contributed by atoms with Crippen LogP contribution in [0.4, 0.5) is 5.69 Å². The Bertz CT molecular complexity index is 1130. The molecule has 8 nitrogen and oxygen atoms in total. The summed E-state index contributed by atoms with van der Waals surface area (Å²) in [6.45, 7) is 6.26. The van der Waals surface area contributed by atoms with Gasteiger partial charge in [0, 0.05) is 22.8 Å². The number of methoxy groups -OCH3 is 1. The van der Waals surface area contributed by atoms with E-state index in [0.29, 0.717) is 39.5 Å². The van der Waals surface area contributed by atoms with Crippen molar-refractivity contribution >= 4 is 40.9 Å². The third-order valence-corrected chi connectivity index (χ3v) is 6.40. The third-order valence-electron chi connectivity index (χ3n) is 5.02. The second kappa shape index (κ2) is 11.2. The lowest BCUT2D eigenvalue weighted by Crippen LogP contribution is -2.28. The number of nitrogens with zero attached hydrogens (tertiary/aromatic N) is 3. The molecule has 1 aromatic heterocycles. The van der Waals surface area contributed by atoms with Crippen molar-refractivity contribution in [3.8, 4) is 5.75 Å². The van der Waals surface area contributed by atoms with Crippen LogP contribution in [0.2, 0.25) is 5.02 Å². The molecular formula is C23H26ClN5O3S. The zero-order valence-corrected chi connectivity index (χ0v) is 20.5. The number of halogens is 1. The number of benzene rings is 2. The maximum absolute atomic E-state index is 12.6. The molecule has 2 aromatic carbocycles. The quantitative estimate of drug-likeness (QED) is 0.431. The molecule has 2 amide bonds. The van der Waals surface area contributed by atoms with Gasteiger partial charge in [0.25, 0.3) is 5.91 Å². The Morgan fingerprint density at radius 3 is 2.58 bits per heavy atom. The molecule has 1 atom stereocenters. The first kappa shape index (κ1) is 24.6. The number of hydrogen-bond acceptors (Lipinski definition) is 6. The molecule has 0 fully saturated rings. The van der Waals surface area contributed by atoms with Gasteiger partial charge < -0.3 is 19.9 Å². The van der Waals surface area contributed by atoms with Gasteiger partial charge in [-0.15, -0.1) is 10.2 Å². The largest absolute Gasteiger partial charge is 0.497 e. The molecule has 0 aliphatic carbocycles. The lowest BCUT2D eigenvalue weighted by atomic mass is 10.2. The predicted molar refractivity (Wildman–Crippen MR) is 130 cm³/mol. The van der Waals surface area contributed by atoms with Crippen LogP contribution in [0.5, 0.6) is 5.75 Å². The maximum Gasteiger partial charge on any atom is 0.251 e. The highest BCUT2D eigenvalue weighted by atomic mass is 35.5. The summed E-state index contributed by atoms with van der Waals surface area (Å²) in [5, 5.41) is 15.5. The minimum Gasteiger partial charge on any atom is -0.497 e. The van der Waals surface area contributed by atoms with Crippen LogP contribution in [0.3, 0.4) is 0 Å². The summed E-state index contributed by atoms with van der Waals surface area (Å²) in [6, 6.07) is 11.9. The summed E-state index contributed by atoms with van der Waals surface area (Å²) in [4.78, 5) is 25.0. The summed E-state index contributed by atoms with van der Waals surface area (Å²) in [6.07, 6.45) is 0. The normalized spacial score (nSPS) is 11.7. The van der Waals surface area contributed by atoms with E-state index in [1.165, 1.54) is 11.8 Å². The summed E-state index contributed by atoms with van der Waals surface area (Å²) < 4.78 is 7.02. The van der Waals surface area contributed by atoms with Crippen molar-refractivity contribution in [2.75, 3.05) is 18.2 Å². The van der Waals surface area contributed by atoms with Crippen molar-refractivity contribution in [3.05, 3.63) is 64.4 Å². The Morgan fingerprint density at radius 1 is 1.18 bits per heavy atom. The zero-order chi connectivity index (χ0) is 24.0. The van der Waals surface area contributed by atoms with Gasteiger partial charge in [0.15, 0.2) is 11.0 Å². The van der Waals surface area contributed by atoms with Crippen LogP contribution in [-0.2, 0) is 11.3 Å². The first-order valence-electron chi connectivity index (χ1n) is 10.4. The van der Waals surface area contributed by atoms with Gasteiger partial charge in [0.1, 0.15) is 5.75 Å². The Kier molecular flexibility index (Phi) is 8.35. The number of nitrogens with one attached hydrogen (secondary N) is 2. The number of carbonyl (C=O) groups excluding carboxylic acids is 2. The second-order valence-corrected chi connectivity index (χ2v) is 8.61. The molecule has 3 aromatic rings. The van der Waals surface area contributed by atoms with Crippen molar-refractivity contribution in [2.24, 2.45) is 0 Å². The molecule has 10 heteroatoms. The highest BCUT2D eigenvalue weighted by Crippen LogP contribution is 2.24. The van der Waals surface area contributed by atoms with Gasteiger partial charge in [0.2, 0.25) is 5.91 Å². The Hall–Kier alpha value is -3.04. The van der Waals surface area contributed by atoms with E-state index in [-0.39, 0.29) is 23.6 Å². The van der Waals surface area contributed by atoms with Crippen molar-refractivity contribution in [2.45, 2.75) is 38.5 Å². The molecule has 0 aliphatic heterocycles. The van der Waals surface area contributed by atoms with E-state index in [1.54, 1.807) is 43.5 Å². The van der Waals surface area contributed by atoms with Crippen LogP contribution in [-0.4, -0.2) is 39.4 Å². The fourth-order valence-electron chi connectivity index (χ4n) is 3.17. The monoisotopic (exact) mass is 487 g/mol. The highest BCUT2D eigenvalue weighted by Gasteiger charge is 2.20. The summed E-state index contributed by atoms with van der Waals surface area (Å²) >= 11 is 7.40. The number of ether oxygens (including phenoxy) is 1. The average Bonchev–Trinajstić information content (AvgIpc) is 3.24. The van der Waals surface area contributed by atoms with E-state index in [9.17, 15) is 9.59 Å². The predicted octanol–water partition coefficient (Wildman–Crippen LogP) is 4.49. The molecule has 33 heavy (non-hydrogen) atoms. The fourth-order valence-corrected chi connectivity index (χ4v) is 4.15. The van der Waals surface area contributed by atoms with Crippen LogP contribution in [0.1, 0.15) is 41.6 Å². The van der Waals surface area contributed by atoms with Crippen LogP contribution in [0, 0.1) is 6.92 Å². The molecule has 3 rings (SSSR count). The second-order valence-electron chi connectivity index (χ2n) is 7.26.